The van der Waals surface area contributed by atoms with E-state index in [0.29, 0.717) is 41.1 Å². The molecule has 4 unspecified atom stereocenters. The summed E-state index contributed by atoms with van der Waals surface area (Å²) in [5.41, 5.74) is 10.8. The van der Waals surface area contributed by atoms with Crippen LogP contribution in [0.1, 0.15) is 204 Å². The molecule has 0 N–H and O–H groups in total. The molecule has 4 heterocycles. The lowest BCUT2D eigenvalue weighted by Crippen LogP contribution is -2.30. The number of carbonyl (C=O) groups is 1. The zero-order chi connectivity index (χ0) is 54.5. The van der Waals surface area contributed by atoms with Gasteiger partial charge in [-0.1, -0.05) is 163 Å². The van der Waals surface area contributed by atoms with Crippen LogP contribution in [0.25, 0.3) is 50.8 Å². The van der Waals surface area contributed by atoms with Gasteiger partial charge in [0, 0.05) is 97.5 Å². The van der Waals surface area contributed by atoms with E-state index in [2.05, 4.69) is 145 Å². The highest BCUT2D eigenvalue weighted by Crippen LogP contribution is 2.60. The Hall–Kier alpha value is -1.68. The maximum atomic E-state index is 13.8. The Kier molecular flexibility index (Phi) is 24.8. The number of thiocarbonyl (C=S) groups is 1. The third-order valence-corrected chi connectivity index (χ3v) is 26.1. The van der Waals surface area contributed by atoms with Crippen LogP contribution in [0.15, 0.2) is 42.4 Å². The quantitative estimate of drug-likeness (QED) is 0.0306. The van der Waals surface area contributed by atoms with E-state index in [1.54, 1.807) is 9.47 Å². The first-order valence-electron chi connectivity index (χ1n) is 29.0. The standard InChI is InChI=1S/C63H86N2O2S9/c1-12-22-26-41(16-5)36-69-61(70-37-42(17-6)27-23-13-2)55-47-35-50-48(34-49(47)57-51(55)30-45(74-57)32-53-59(66)64(20-9)40(11)73-53)56(52-31-46(75-58(50)52)33-54-60(67)65(21-10)63(68)76-54)62(71-38-43(18-7)28-24-14-3)72-39-44(19-8)29-25-15-4/h30-35,41-44H,11-29,36-39H2,1-10H3/b53-32+,54-33+,61-55?,62-56?. The van der Waals surface area contributed by atoms with Crippen LogP contribution in [0.5, 0.6) is 0 Å². The number of thiophene rings is 2. The number of hydrogen-bond donors (Lipinski definition) is 0. The van der Waals surface area contributed by atoms with E-state index in [1.807, 2.05) is 36.5 Å². The maximum absolute atomic E-state index is 13.8. The number of hydrogen-bond acceptors (Lipinski definition) is 11. The van der Waals surface area contributed by atoms with E-state index < -0.39 is 0 Å². The summed E-state index contributed by atoms with van der Waals surface area (Å²) in [5.74, 6) is 7.15. The molecule has 7 rings (SSSR count). The molecule has 1 saturated heterocycles. The number of nitrogens with zero attached hydrogens (tertiary/aromatic N) is 2. The van der Waals surface area contributed by atoms with Gasteiger partial charge in [-0.2, -0.15) is 0 Å². The topological polar surface area (TPSA) is 42.3 Å². The summed E-state index contributed by atoms with van der Waals surface area (Å²) in [5, 5.41) is 0. The number of carbonyl (C=O) groups excluding carboxylic acids is 1. The van der Waals surface area contributed by atoms with E-state index in [0.717, 1.165) is 46.9 Å². The smallest absolute Gasteiger partial charge is 0.269 e. The van der Waals surface area contributed by atoms with Gasteiger partial charge in [-0.05, 0) is 111 Å². The van der Waals surface area contributed by atoms with Crippen molar-refractivity contribution in [2.24, 2.45) is 23.7 Å². The zero-order valence-electron chi connectivity index (χ0n) is 47.4. The third-order valence-electron chi connectivity index (χ3n) is 15.6. The predicted molar refractivity (Wildman–Crippen MR) is 356 cm³/mol. The van der Waals surface area contributed by atoms with Crippen molar-refractivity contribution < 1.29 is 4.79 Å². The highest BCUT2D eigenvalue weighted by atomic mass is 32.2. The molecule has 0 saturated carbocycles. The summed E-state index contributed by atoms with van der Waals surface area (Å²) < 4.78 is 6.93. The molecule has 2 aliphatic carbocycles. The molecule has 0 radical (unpaired) electrons. The monoisotopic (exact) mass is 1190 g/mol. The van der Waals surface area contributed by atoms with Gasteiger partial charge >= 0.3 is 0 Å². The van der Waals surface area contributed by atoms with Crippen molar-refractivity contribution in [3.8, 4) is 20.9 Å². The average Bonchev–Trinajstić information content (AvgIpc) is 4.29. The van der Waals surface area contributed by atoms with Crippen molar-refractivity contribution in [2.45, 2.75) is 179 Å². The van der Waals surface area contributed by atoms with Crippen LogP contribution >= 0.6 is 105 Å². The van der Waals surface area contributed by atoms with Crippen LogP contribution in [0.2, 0.25) is 0 Å². The number of thiazole rings is 1. The number of fused-ring (bicyclic) bond motifs is 6. The first-order valence-corrected chi connectivity index (χ1v) is 36.6. The Morgan fingerprint density at radius 3 is 1.30 bits per heavy atom. The lowest BCUT2D eigenvalue weighted by molar-refractivity contribution is -0.121. The predicted octanol–water partition coefficient (Wildman–Crippen LogP) is 19.7. The fourth-order valence-electron chi connectivity index (χ4n) is 10.5. The zero-order valence-corrected chi connectivity index (χ0v) is 54.8. The second-order valence-electron chi connectivity index (χ2n) is 20.9. The lowest BCUT2D eigenvalue weighted by atomic mass is 9.98. The highest BCUT2D eigenvalue weighted by Gasteiger charge is 2.37. The Balaban J connectivity index is 1.50. The van der Waals surface area contributed by atoms with Crippen molar-refractivity contribution >= 4 is 145 Å². The number of thioether (sulfide) groups is 5. The van der Waals surface area contributed by atoms with E-state index in [9.17, 15) is 9.59 Å². The molecule has 1 amide bonds. The number of likely N-dealkylation sites (N-methyl/N-ethyl adjacent to an activating group) is 1. The summed E-state index contributed by atoms with van der Waals surface area (Å²) in [7, 11) is 0. The van der Waals surface area contributed by atoms with Crippen LogP contribution in [0.4, 0.5) is 0 Å². The fourth-order valence-corrected chi connectivity index (χ4v) is 21.4. The Morgan fingerprint density at radius 2 is 0.961 bits per heavy atom. The van der Waals surface area contributed by atoms with Crippen molar-refractivity contribution in [2.75, 3.05) is 29.6 Å². The molecule has 0 bridgehead atoms. The minimum atomic E-state index is 0.0178. The van der Waals surface area contributed by atoms with Gasteiger partial charge in [0.1, 0.15) is 4.32 Å². The van der Waals surface area contributed by atoms with Crippen LogP contribution in [-0.4, -0.2) is 49.3 Å². The Bertz CT molecular complexity index is 2870. The number of amides is 1. The summed E-state index contributed by atoms with van der Waals surface area (Å²) >= 11 is 20.8. The Labute approximate surface area is 496 Å². The van der Waals surface area contributed by atoms with E-state index >= 15 is 0 Å². The van der Waals surface area contributed by atoms with Crippen LogP contribution in [0.3, 0.4) is 0 Å². The van der Waals surface area contributed by atoms with Gasteiger partial charge in [0.15, 0.2) is 0 Å². The van der Waals surface area contributed by atoms with Crippen LogP contribution in [0, 0.1) is 23.7 Å². The third kappa shape index (κ3) is 14.7. The van der Waals surface area contributed by atoms with Gasteiger partial charge in [0.25, 0.3) is 11.5 Å². The van der Waals surface area contributed by atoms with Gasteiger partial charge in [-0.15, -0.1) is 81.1 Å². The molecule has 4 aromatic rings. The first-order chi connectivity index (χ1) is 36.9. The number of aromatic nitrogens is 1. The van der Waals surface area contributed by atoms with Gasteiger partial charge in [0.05, 0.1) is 14.1 Å². The SMILES string of the molecule is C=c1s/c(=C/c2cc3c(s2)-c2cc4c(cc2C3=C(SCC(CC)CCCC)SCC(CC)CCCC)-c2sc(/C=C3/SC(=S)N(CC)C3=O)cc2C4=C(SCC(CC)CCCC)SCC(CC)CCCC)c(=O)n1CC. The molecule has 4 nitrogen and oxygen atoms in total. The maximum Gasteiger partial charge on any atom is 0.269 e. The molecule has 3 aliphatic rings. The van der Waals surface area contributed by atoms with Crippen LogP contribution < -0.4 is 14.8 Å². The van der Waals surface area contributed by atoms with Gasteiger partial charge in [-0.25, -0.2) is 0 Å². The molecule has 1 fully saturated rings. The normalized spacial score (nSPS) is 16.3. The second-order valence-corrected chi connectivity index (χ2v) is 30.5. The summed E-state index contributed by atoms with van der Waals surface area (Å²) in [6.07, 6.45) is 24.1. The average molecular weight is 1190 g/mol. The molecule has 13 heteroatoms. The van der Waals surface area contributed by atoms with Gasteiger partial charge in [-0.3, -0.25) is 19.1 Å². The second kappa shape index (κ2) is 30.4. The van der Waals surface area contributed by atoms with E-state index in [-0.39, 0.29) is 11.5 Å². The number of unbranched alkanes of at least 4 members (excludes halogenated alkanes) is 4. The van der Waals surface area contributed by atoms with E-state index in [1.165, 1.54) is 189 Å². The van der Waals surface area contributed by atoms with E-state index in [4.69, 9.17) is 12.2 Å². The molecule has 414 valence electrons. The van der Waals surface area contributed by atoms with Crippen LogP contribution in [-0.2, 0) is 11.3 Å². The summed E-state index contributed by atoms with van der Waals surface area (Å²) in [6.45, 7) is 28.3. The molecule has 4 atom stereocenters. The van der Waals surface area contributed by atoms with Crippen molar-refractivity contribution in [1.82, 2.24) is 9.47 Å². The van der Waals surface area contributed by atoms with Crippen molar-refractivity contribution in [1.29, 1.82) is 0 Å². The lowest BCUT2D eigenvalue weighted by Gasteiger charge is -2.21. The van der Waals surface area contributed by atoms with Gasteiger partial charge < -0.3 is 0 Å². The summed E-state index contributed by atoms with van der Waals surface area (Å²) in [6, 6.07) is 10.0. The highest BCUT2D eigenvalue weighted by molar-refractivity contribution is 8.26. The fraction of sp³-hybridized carbons (Fsp3) is 0.571. The number of benzene rings is 1. The van der Waals surface area contributed by atoms with Crippen molar-refractivity contribution in [3.63, 3.8) is 0 Å². The largest absolute Gasteiger partial charge is 0.300 e. The molecule has 3 aromatic heterocycles. The molecule has 0 spiro atoms. The minimum absolute atomic E-state index is 0.0178. The molecule has 1 aliphatic heterocycles. The Morgan fingerprint density at radius 1 is 0.553 bits per heavy atom. The molecular formula is C63H86N2O2S9. The molecule has 1 aromatic carbocycles. The first kappa shape index (κ1) is 61.9. The molecular weight excluding hydrogens is 1110 g/mol. The van der Waals surface area contributed by atoms with Gasteiger partial charge in [0.2, 0.25) is 0 Å². The molecule has 76 heavy (non-hydrogen) atoms. The summed E-state index contributed by atoms with van der Waals surface area (Å²) in [4.78, 5) is 34.8. The number of rotatable bonds is 32. The minimum Gasteiger partial charge on any atom is -0.300 e. The van der Waals surface area contributed by atoms with Crippen molar-refractivity contribution in [3.05, 3.63) is 89.2 Å².